The molecule has 6 rings (SSSR count). The van der Waals surface area contributed by atoms with Crippen LogP contribution in [0.5, 0.6) is 0 Å². The van der Waals surface area contributed by atoms with Crippen molar-refractivity contribution in [2.45, 2.75) is 44.0 Å². The molecule has 0 unspecified atom stereocenters. The molecule has 4 aromatic rings. The number of nitrogens with two attached hydrogens (primary N) is 2. The van der Waals surface area contributed by atoms with E-state index in [9.17, 15) is 33.8 Å². The van der Waals surface area contributed by atoms with Gasteiger partial charge in [0.15, 0.2) is 29.8 Å². The van der Waals surface area contributed by atoms with Crippen molar-refractivity contribution in [3.8, 4) is 0 Å². The summed E-state index contributed by atoms with van der Waals surface area (Å²) in [5.74, 6) is -5.25. The fourth-order valence-electron chi connectivity index (χ4n) is 5.53. The highest BCUT2D eigenvalue weighted by Crippen LogP contribution is 2.40. The quantitative estimate of drug-likeness (QED) is 0.0443. The van der Waals surface area contributed by atoms with Crippen molar-refractivity contribution in [3.63, 3.8) is 0 Å². The smallest absolute Gasteiger partial charge is 0.350 e. The predicted octanol–water partition coefficient (Wildman–Crippen LogP) is 0.780. The molecule has 0 saturated carbocycles. The number of nitrogens with zero attached hydrogens (tertiary/aromatic N) is 5. The number of hydrogen-bond acceptors (Lipinski definition) is 12. The van der Waals surface area contributed by atoms with E-state index in [0.717, 1.165) is 33.2 Å². The van der Waals surface area contributed by atoms with E-state index in [0.29, 0.717) is 5.57 Å². The number of halogens is 2. The third-order valence-electron chi connectivity index (χ3n) is 8.31. The number of rotatable bonds is 12. The topological polar surface area (TPSA) is 246 Å². The maximum absolute atomic E-state index is 14.9. The number of aromatic nitrogens is 3. The summed E-state index contributed by atoms with van der Waals surface area (Å²) in [5, 5.41) is 37.2. The second-order valence-electron chi connectivity index (χ2n) is 12.3. The Morgan fingerprint density at radius 1 is 1.33 bits per heavy atom. The van der Waals surface area contributed by atoms with Gasteiger partial charge in [-0.3, -0.25) is 19.9 Å². The average Bonchev–Trinajstić information content (AvgIpc) is 3.69. The first kappa shape index (κ1) is 36.3. The number of hydrogen-bond donors (Lipinski definition) is 5. The van der Waals surface area contributed by atoms with Gasteiger partial charge in [-0.05, 0) is 32.0 Å². The zero-order chi connectivity index (χ0) is 37.6. The van der Waals surface area contributed by atoms with Crippen molar-refractivity contribution in [2.75, 3.05) is 11.5 Å². The molecule has 1 fully saturated rings. The lowest BCUT2D eigenvalue weighted by atomic mass is 10.0. The standard InChI is InChI=1S/C32H29ClFN9O7S2/c1-32(2,30(48)49)50-40-22(20-13-52-31(37)38-20)26(44)39-23-27(45)43-24(29(46)47)16(12-51-28(23)43)10-41-5-4-21-14(9-41)3-6-42(21)11-17-18(33)7-15(25(35)36)8-19(17)34/h3-9,13,23,28H,10-12H2,1-2H3,(H7-,35,36,37,38,39,44,46,47,48,49)/b40-22-/t23-,28-/m1/s1. The van der Waals surface area contributed by atoms with Crippen LogP contribution in [0, 0.1) is 11.2 Å². The number of nitrogen functional groups attached to an aromatic ring is 2. The Bertz CT molecular complexity index is 2230. The molecule has 7 N–H and O–H groups in total. The molecule has 2 aliphatic heterocycles. The number of nitrogens with one attached hydrogen (secondary N) is 2. The number of thioether (sulfide) groups is 1. The number of carbonyl (C=O) groups excluding carboxylic acids is 3. The van der Waals surface area contributed by atoms with Gasteiger partial charge in [0.05, 0.1) is 29.1 Å². The van der Waals surface area contributed by atoms with E-state index < -0.39 is 52.3 Å². The number of benzene rings is 1. The lowest BCUT2D eigenvalue weighted by molar-refractivity contribution is -0.687. The molecule has 0 spiro atoms. The number of carboxylic acids is 2. The number of pyridine rings is 1. The molecule has 3 aromatic heterocycles. The van der Waals surface area contributed by atoms with Gasteiger partial charge in [0.25, 0.3) is 11.8 Å². The largest absolute Gasteiger partial charge is 0.543 e. The zero-order valence-electron chi connectivity index (χ0n) is 27.3. The van der Waals surface area contributed by atoms with E-state index in [4.69, 9.17) is 33.3 Å². The Labute approximate surface area is 307 Å². The number of amides is 2. The van der Waals surface area contributed by atoms with Gasteiger partial charge >= 0.3 is 5.97 Å². The summed E-state index contributed by atoms with van der Waals surface area (Å²) in [4.78, 5) is 60.9. The lowest BCUT2D eigenvalue weighted by Crippen LogP contribution is -2.71. The van der Waals surface area contributed by atoms with Gasteiger partial charge in [0.1, 0.15) is 28.8 Å². The molecule has 1 saturated heterocycles. The van der Waals surface area contributed by atoms with Gasteiger partial charge in [0, 0.05) is 45.1 Å². The molecule has 0 aliphatic carbocycles. The summed E-state index contributed by atoms with van der Waals surface area (Å²) >= 11 is 8.55. The molecule has 270 valence electrons. The van der Waals surface area contributed by atoms with Gasteiger partial charge in [-0.1, -0.05) is 16.8 Å². The van der Waals surface area contributed by atoms with E-state index in [-0.39, 0.29) is 57.4 Å². The Balaban J connectivity index is 1.19. The minimum atomic E-state index is -1.80. The van der Waals surface area contributed by atoms with Crippen LogP contribution >= 0.6 is 34.7 Å². The van der Waals surface area contributed by atoms with Crippen LogP contribution in [0.3, 0.4) is 0 Å². The summed E-state index contributed by atoms with van der Waals surface area (Å²) in [6.07, 6.45) is 5.25. The Kier molecular flexibility index (Phi) is 9.69. The van der Waals surface area contributed by atoms with Crippen LogP contribution in [0.15, 0.2) is 64.7 Å². The molecular weight excluding hydrogens is 741 g/mol. The third kappa shape index (κ3) is 6.89. The normalized spacial score (nSPS) is 17.5. The first-order valence-corrected chi connectivity index (χ1v) is 17.6. The van der Waals surface area contributed by atoms with Crippen LogP contribution in [-0.4, -0.2) is 77.6 Å². The predicted molar refractivity (Wildman–Crippen MR) is 187 cm³/mol. The second kappa shape index (κ2) is 13.9. The molecule has 52 heavy (non-hydrogen) atoms. The van der Waals surface area contributed by atoms with E-state index in [1.807, 2.05) is 0 Å². The van der Waals surface area contributed by atoms with E-state index in [2.05, 4.69) is 15.5 Å². The van der Waals surface area contributed by atoms with Crippen molar-refractivity contribution in [2.24, 2.45) is 10.9 Å². The first-order valence-electron chi connectivity index (χ1n) is 15.3. The van der Waals surface area contributed by atoms with Crippen molar-refractivity contribution in [3.05, 3.63) is 87.2 Å². The molecule has 2 atom stereocenters. The average molecular weight is 770 g/mol. The van der Waals surface area contributed by atoms with Crippen LogP contribution in [0.4, 0.5) is 9.52 Å². The van der Waals surface area contributed by atoms with Crippen LogP contribution in [0.1, 0.15) is 30.7 Å². The Morgan fingerprint density at radius 3 is 2.71 bits per heavy atom. The summed E-state index contributed by atoms with van der Waals surface area (Å²) in [6.45, 7) is 2.65. The lowest BCUT2D eigenvalue weighted by Gasteiger charge is -2.50. The van der Waals surface area contributed by atoms with E-state index in [1.165, 1.54) is 37.1 Å². The molecule has 0 bridgehead atoms. The second-order valence-corrected chi connectivity index (χ2v) is 14.7. The Hall–Kier alpha value is -5.53. The molecule has 5 heterocycles. The maximum atomic E-state index is 14.9. The molecule has 16 nitrogen and oxygen atoms in total. The highest BCUT2D eigenvalue weighted by Gasteiger charge is 2.53. The monoisotopic (exact) mass is 769 g/mol. The van der Waals surface area contributed by atoms with Crippen LogP contribution < -0.4 is 26.5 Å². The zero-order valence-corrected chi connectivity index (χ0v) is 29.6. The molecule has 20 heteroatoms. The van der Waals surface area contributed by atoms with Gasteiger partial charge in [-0.15, -0.1) is 23.1 Å². The highest BCUT2D eigenvalue weighted by atomic mass is 35.5. The molecule has 1 aromatic carbocycles. The van der Waals surface area contributed by atoms with Gasteiger partial charge in [0.2, 0.25) is 5.60 Å². The van der Waals surface area contributed by atoms with Gasteiger partial charge in [-0.2, -0.15) is 0 Å². The number of thiazole rings is 1. The molecule has 2 aliphatic rings. The number of fused-ring (bicyclic) bond motifs is 2. The number of oxime groups is 1. The minimum absolute atomic E-state index is 0.0117. The van der Waals surface area contributed by atoms with Crippen molar-refractivity contribution >= 4 is 86.0 Å². The van der Waals surface area contributed by atoms with Crippen LogP contribution in [0.25, 0.3) is 10.9 Å². The third-order valence-corrected chi connectivity index (χ3v) is 10.7. The van der Waals surface area contributed by atoms with Gasteiger partial charge < -0.3 is 41.2 Å². The number of carbonyl (C=O) groups is 4. The van der Waals surface area contributed by atoms with E-state index in [1.54, 1.807) is 39.9 Å². The van der Waals surface area contributed by atoms with Crippen LogP contribution in [0.2, 0.25) is 5.02 Å². The van der Waals surface area contributed by atoms with Crippen molar-refractivity contribution in [1.29, 1.82) is 5.41 Å². The highest BCUT2D eigenvalue weighted by molar-refractivity contribution is 8.00. The summed E-state index contributed by atoms with van der Waals surface area (Å²) < 4.78 is 18.4. The number of carboxylic acid groups (broad SMARTS) is 2. The van der Waals surface area contributed by atoms with Crippen molar-refractivity contribution in [1.82, 2.24) is 19.8 Å². The van der Waals surface area contributed by atoms with Crippen molar-refractivity contribution < 1.29 is 43.2 Å². The summed E-state index contributed by atoms with van der Waals surface area (Å²) in [5.41, 5.74) is 10.2. The fourth-order valence-corrected chi connectivity index (χ4v) is 7.68. The molecular formula is C32H29ClFN9O7S2. The van der Waals surface area contributed by atoms with Gasteiger partial charge in [-0.25, -0.2) is 18.7 Å². The Morgan fingerprint density at radius 2 is 2.08 bits per heavy atom. The number of amidine groups is 1. The summed E-state index contributed by atoms with van der Waals surface area (Å²) in [7, 11) is 0. The molecule has 0 radical (unpaired) electrons. The fraction of sp³-hybridized carbons (Fsp3) is 0.250. The minimum Gasteiger partial charge on any atom is -0.543 e. The molecule has 2 amide bonds. The number of β-lactam (4-membered cyclic amide) rings is 1. The SMILES string of the molecule is CC(C)(O/N=C(\C(=O)N[C@@H]1C(=O)N2C(C(=O)[O-])=C(C[n+]3ccc4c(ccn4Cc4c(F)cc(C(=N)N)cc4Cl)c3)CS[C@H]12)c1csc(N)n1)C(=O)O. The number of anilines is 1. The van der Waals surface area contributed by atoms with Crippen LogP contribution in [-0.2, 0) is 37.1 Å². The maximum Gasteiger partial charge on any atom is 0.350 e. The number of aliphatic carboxylic acids is 2. The van der Waals surface area contributed by atoms with E-state index >= 15 is 0 Å². The first-order chi connectivity index (χ1) is 24.5. The summed E-state index contributed by atoms with van der Waals surface area (Å²) in [6, 6.07) is 5.02.